The summed E-state index contributed by atoms with van der Waals surface area (Å²) in [6.07, 6.45) is 4.97. The van der Waals surface area contributed by atoms with Gasteiger partial charge in [-0.1, -0.05) is 6.08 Å². The molecule has 92 valence electrons. The number of aliphatic hydroxyl groups is 1. The zero-order chi connectivity index (χ0) is 11.8. The van der Waals surface area contributed by atoms with Crippen LogP contribution in [0.15, 0.2) is 12.2 Å². The average Bonchev–Trinajstić information content (AvgIpc) is 2.27. The lowest BCUT2D eigenvalue weighted by molar-refractivity contribution is -0.131. The maximum Gasteiger partial charge on any atom is 0.328 e. The number of carboxylic acids is 1. The number of rotatable bonds is 6. The minimum atomic E-state index is -0.902. The summed E-state index contributed by atoms with van der Waals surface area (Å²) in [5, 5.41) is 17.1. The van der Waals surface area contributed by atoms with Gasteiger partial charge in [-0.2, -0.15) is 0 Å². The second-order valence-electron chi connectivity index (χ2n) is 3.83. The number of ether oxygens (including phenoxy) is 1. The van der Waals surface area contributed by atoms with Gasteiger partial charge in [0.1, 0.15) is 0 Å². The van der Waals surface area contributed by atoms with Crippen molar-refractivity contribution in [2.75, 3.05) is 32.8 Å². The summed E-state index contributed by atoms with van der Waals surface area (Å²) in [7, 11) is 0. The van der Waals surface area contributed by atoms with Crippen molar-refractivity contribution < 1.29 is 19.7 Å². The summed E-state index contributed by atoms with van der Waals surface area (Å²) in [5.41, 5.74) is 0. The summed E-state index contributed by atoms with van der Waals surface area (Å²) >= 11 is 0. The molecule has 0 saturated carbocycles. The Labute approximate surface area is 95.3 Å². The smallest absolute Gasteiger partial charge is 0.328 e. The van der Waals surface area contributed by atoms with Crippen LogP contribution >= 0.6 is 0 Å². The van der Waals surface area contributed by atoms with Crippen molar-refractivity contribution >= 4 is 5.97 Å². The van der Waals surface area contributed by atoms with Crippen LogP contribution in [0.25, 0.3) is 0 Å². The van der Waals surface area contributed by atoms with Crippen LogP contribution in [0.2, 0.25) is 0 Å². The molecule has 1 aliphatic heterocycles. The SMILES string of the molecule is O=C(O)C=CCN1CCC(OCCO)CC1. The lowest BCUT2D eigenvalue weighted by atomic mass is 10.1. The molecule has 16 heavy (non-hydrogen) atoms. The molecule has 1 saturated heterocycles. The Kier molecular flexibility index (Phi) is 6.07. The predicted molar refractivity (Wildman–Crippen MR) is 59.3 cm³/mol. The maximum absolute atomic E-state index is 10.3. The van der Waals surface area contributed by atoms with Crippen molar-refractivity contribution in [3.05, 3.63) is 12.2 Å². The molecule has 0 atom stereocenters. The fraction of sp³-hybridized carbons (Fsp3) is 0.727. The van der Waals surface area contributed by atoms with E-state index in [0.29, 0.717) is 13.2 Å². The van der Waals surface area contributed by atoms with Crippen molar-refractivity contribution in [3.63, 3.8) is 0 Å². The van der Waals surface area contributed by atoms with Gasteiger partial charge < -0.3 is 14.9 Å². The predicted octanol–water partition coefficient (Wildman–Crippen LogP) is 0.101. The zero-order valence-electron chi connectivity index (χ0n) is 9.34. The fourth-order valence-electron chi connectivity index (χ4n) is 1.78. The lowest BCUT2D eigenvalue weighted by Crippen LogP contribution is -2.37. The molecule has 0 aliphatic carbocycles. The molecule has 0 aromatic rings. The number of carbonyl (C=O) groups is 1. The van der Waals surface area contributed by atoms with E-state index in [-0.39, 0.29) is 12.7 Å². The molecule has 1 rings (SSSR count). The van der Waals surface area contributed by atoms with Crippen LogP contribution in [-0.2, 0) is 9.53 Å². The van der Waals surface area contributed by atoms with Crippen molar-refractivity contribution in [1.82, 2.24) is 4.90 Å². The third-order valence-electron chi connectivity index (χ3n) is 2.60. The first-order valence-corrected chi connectivity index (χ1v) is 5.56. The fourth-order valence-corrected chi connectivity index (χ4v) is 1.78. The molecule has 0 radical (unpaired) electrons. The third-order valence-corrected chi connectivity index (χ3v) is 2.60. The standard InChI is InChI=1S/C11H19NO4/c13-8-9-16-10-3-6-12(7-4-10)5-1-2-11(14)15/h1-2,10,13H,3-9H2,(H,14,15). The van der Waals surface area contributed by atoms with Gasteiger partial charge in [0.15, 0.2) is 0 Å². The largest absolute Gasteiger partial charge is 0.478 e. The van der Waals surface area contributed by atoms with Crippen molar-refractivity contribution in [2.45, 2.75) is 18.9 Å². The highest BCUT2D eigenvalue weighted by atomic mass is 16.5. The van der Waals surface area contributed by atoms with Gasteiger partial charge in [0, 0.05) is 25.7 Å². The summed E-state index contributed by atoms with van der Waals surface area (Å²) in [5.74, 6) is -0.902. The van der Waals surface area contributed by atoms with E-state index in [9.17, 15) is 4.79 Å². The molecule has 0 amide bonds. The Hall–Kier alpha value is -0.910. The Balaban J connectivity index is 2.14. The summed E-state index contributed by atoms with van der Waals surface area (Å²) < 4.78 is 5.43. The Morgan fingerprint density at radius 3 is 2.69 bits per heavy atom. The van der Waals surface area contributed by atoms with Crippen molar-refractivity contribution in [3.8, 4) is 0 Å². The van der Waals surface area contributed by atoms with Crippen LogP contribution in [0, 0.1) is 0 Å². The molecule has 5 heteroatoms. The Morgan fingerprint density at radius 2 is 2.12 bits per heavy atom. The lowest BCUT2D eigenvalue weighted by Gasteiger charge is -2.30. The van der Waals surface area contributed by atoms with E-state index >= 15 is 0 Å². The topological polar surface area (TPSA) is 70.0 Å². The van der Waals surface area contributed by atoms with Gasteiger partial charge in [-0.3, -0.25) is 4.90 Å². The summed E-state index contributed by atoms with van der Waals surface area (Å²) in [6.45, 7) is 2.99. The van der Waals surface area contributed by atoms with Crippen LogP contribution in [-0.4, -0.2) is 60.0 Å². The van der Waals surface area contributed by atoms with Crippen LogP contribution in [0.1, 0.15) is 12.8 Å². The first-order chi connectivity index (χ1) is 7.72. The van der Waals surface area contributed by atoms with E-state index in [1.807, 2.05) is 0 Å². The number of aliphatic carboxylic acids is 1. The molecule has 2 N–H and O–H groups in total. The van der Waals surface area contributed by atoms with Gasteiger partial charge in [-0.25, -0.2) is 4.79 Å². The van der Waals surface area contributed by atoms with Crippen molar-refractivity contribution in [1.29, 1.82) is 0 Å². The van der Waals surface area contributed by atoms with Gasteiger partial charge in [-0.05, 0) is 12.8 Å². The molecule has 5 nitrogen and oxygen atoms in total. The van der Waals surface area contributed by atoms with E-state index in [0.717, 1.165) is 25.9 Å². The molecule has 0 unspecified atom stereocenters. The number of carboxylic acid groups (broad SMARTS) is 1. The van der Waals surface area contributed by atoms with E-state index in [2.05, 4.69) is 4.90 Å². The minimum Gasteiger partial charge on any atom is -0.478 e. The van der Waals surface area contributed by atoms with Gasteiger partial charge in [0.2, 0.25) is 0 Å². The normalized spacial score (nSPS) is 19.3. The number of nitrogens with zero attached hydrogens (tertiary/aromatic N) is 1. The van der Waals surface area contributed by atoms with Crippen LogP contribution in [0.4, 0.5) is 0 Å². The molecular weight excluding hydrogens is 210 g/mol. The average molecular weight is 229 g/mol. The van der Waals surface area contributed by atoms with E-state index in [1.165, 1.54) is 6.08 Å². The molecule has 0 bridgehead atoms. The number of hydrogen-bond donors (Lipinski definition) is 2. The monoisotopic (exact) mass is 229 g/mol. The molecule has 0 aromatic carbocycles. The quantitative estimate of drug-likeness (QED) is 0.632. The summed E-state index contributed by atoms with van der Waals surface area (Å²) in [6, 6.07) is 0. The number of hydrogen-bond acceptors (Lipinski definition) is 4. The number of piperidine rings is 1. The third kappa shape index (κ3) is 5.25. The minimum absolute atomic E-state index is 0.0710. The van der Waals surface area contributed by atoms with Crippen LogP contribution < -0.4 is 0 Å². The maximum atomic E-state index is 10.3. The highest BCUT2D eigenvalue weighted by Gasteiger charge is 2.18. The second kappa shape index (κ2) is 7.38. The van der Waals surface area contributed by atoms with E-state index in [1.54, 1.807) is 6.08 Å². The first-order valence-electron chi connectivity index (χ1n) is 5.56. The zero-order valence-corrected chi connectivity index (χ0v) is 9.34. The molecule has 0 aromatic heterocycles. The first kappa shape index (κ1) is 13.2. The molecule has 1 aliphatic rings. The number of aliphatic hydroxyl groups excluding tert-OH is 1. The Morgan fingerprint density at radius 1 is 1.44 bits per heavy atom. The number of likely N-dealkylation sites (tertiary alicyclic amines) is 1. The molecule has 0 spiro atoms. The highest BCUT2D eigenvalue weighted by Crippen LogP contribution is 2.13. The van der Waals surface area contributed by atoms with Crippen LogP contribution in [0.3, 0.4) is 0 Å². The van der Waals surface area contributed by atoms with Gasteiger partial charge in [0.05, 0.1) is 19.3 Å². The molecule has 1 fully saturated rings. The molecular formula is C11H19NO4. The molecule has 1 heterocycles. The highest BCUT2D eigenvalue weighted by molar-refractivity contribution is 5.79. The van der Waals surface area contributed by atoms with Crippen LogP contribution in [0.5, 0.6) is 0 Å². The van der Waals surface area contributed by atoms with E-state index in [4.69, 9.17) is 14.9 Å². The summed E-state index contributed by atoms with van der Waals surface area (Å²) in [4.78, 5) is 12.5. The van der Waals surface area contributed by atoms with Gasteiger partial charge in [0.25, 0.3) is 0 Å². The Bertz CT molecular complexity index is 234. The van der Waals surface area contributed by atoms with Gasteiger partial charge >= 0.3 is 5.97 Å². The second-order valence-corrected chi connectivity index (χ2v) is 3.83. The van der Waals surface area contributed by atoms with E-state index < -0.39 is 5.97 Å². The van der Waals surface area contributed by atoms with Gasteiger partial charge in [-0.15, -0.1) is 0 Å². The van der Waals surface area contributed by atoms with Crippen molar-refractivity contribution in [2.24, 2.45) is 0 Å².